The summed E-state index contributed by atoms with van der Waals surface area (Å²) >= 11 is 0. The van der Waals surface area contributed by atoms with Crippen molar-refractivity contribution in [2.24, 2.45) is 0 Å². The second-order valence-electron chi connectivity index (χ2n) is 8.04. The van der Waals surface area contributed by atoms with Crippen LogP contribution in [0, 0.1) is 6.92 Å². The van der Waals surface area contributed by atoms with Crippen LogP contribution in [0.15, 0.2) is 59.5 Å². The number of aliphatic carboxylic acids is 1. The summed E-state index contributed by atoms with van der Waals surface area (Å²) < 4.78 is 25.3. The zero-order chi connectivity index (χ0) is 21.8. The van der Waals surface area contributed by atoms with Gasteiger partial charge in [-0.2, -0.15) is 0 Å². The first kappa shape index (κ1) is 24.1. The largest absolute Gasteiger partial charge is 0.480 e. The number of carbonyl (C=O) groups is 1. The minimum atomic E-state index is -3.85. The molecule has 0 saturated heterocycles. The SMILES string of the molecule is Cc1ccc(S(=O)(=O)C(CCCCCCCCCCc2ccccc2)C(=O)O)cc1. The van der Waals surface area contributed by atoms with Gasteiger partial charge in [-0.3, -0.25) is 4.79 Å². The number of hydrogen-bond donors (Lipinski definition) is 1. The fourth-order valence-corrected chi connectivity index (χ4v) is 5.25. The molecule has 1 unspecified atom stereocenters. The molecule has 1 N–H and O–H groups in total. The molecule has 30 heavy (non-hydrogen) atoms. The van der Waals surface area contributed by atoms with Gasteiger partial charge < -0.3 is 5.11 Å². The van der Waals surface area contributed by atoms with E-state index < -0.39 is 21.1 Å². The number of carboxylic acid groups (broad SMARTS) is 1. The Balaban J connectivity index is 1.62. The number of benzene rings is 2. The normalized spacial score (nSPS) is 12.6. The van der Waals surface area contributed by atoms with Crippen LogP contribution in [-0.4, -0.2) is 24.7 Å². The minimum absolute atomic E-state index is 0.0935. The molecule has 164 valence electrons. The molecule has 0 aliphatic heterocycles. The number of carboxylic acids is 1. The van der Waals surface area contributed by atoms with E-state index in [-0.39, 0.29) is 11.3 Å². The Hall–Kier alpha value is -2.14. The number of rotatable bonds is 14. The van der Waals surface area contributed by atoms with Crippen molar-refractivity contribution in [3.63, 3.8) is 0 Å². The minimum Gasteiger partial charge on any atom is -0.480 e. The second-order valence-corrected chi connectivity index (χ2v) is 10.2. The lowest BCUT2D eigenvalue weighted by atomic mass is 10.0. The summed E-state index contributed by atoms with van der Waals surface area (Å²) in [6, 6.07) is 16.9. The summed E-state index contributed by atoms with van der Waals surface area (Å²) in [7, 11) is -3.85. The van der Waals surface area contributed by atoms with Gasteiger partial charge in [-0.05, 0) is 43.9 Å². The van der Waals surface area contributed by atoms with Gasteiger partial charge >= 0.3 is 5.97 Å². The van der Waals surface area contributed by atoms with Crippen molar-refractivity contribution in [1.29, 1.82) is 0 Å². The summed E-state index contributed by atoms with van der Waals surface area (Å²) in [4.78, 5) is 11.7. The molecule has 2 aromatic rings. The average Bonchev–Trinajstić information content (AvgIpc) is 2.72. The number of hydrogen-bond acceptors (Lipinski definition) is 3. The van der Waals surface area contributed by atoms with Gasteiger partial charge in [0.15, 0.2) is 15.1 Å². The number of aryl methyl sites for hydroxylation is 2. The quantitative estimate of drug-likeness (QED) is 0.375. The van der Waals surface area contributed by atoms with Crippen molar-refractivity contribution in [3.8, 4) is 0 Å². The molecule has 0 fully saturated rings. The Kier molecular flexibility index (Phi) is 10.1. The van der Waals surface area contributed by atoms with E-state index in [0.29, 0.717) is 6.42 Å². The summed E-state index contributed by atoms with van der Waals surface area (Å²) in [5.41, 5.74) is 2.34. The molecule has 0 aliphatic rings. The molecule has 4 nitrogen and oxygen atoms in total. The summed E-state index contributed by atoms with van der Waals surface area (Å²) in [6.07, 6.45) is 9.77. The van der Waals surface area contributed by atoms with Crippen LogP contribution in [-0.2, 0) is 21.1 Å². The van der Waals surface area contributed by atoms with Crippen LogP contribution < -0.4 is 0 Å². The predicted molar refractivity (Wildman–Crippen MR) is 121 cm³/mol. The van der Waals surface area contributed by atoms with Gasteiger partial charge in [0.1, 0.15) is 0 Å². The highest BCUT2D eigenvalue weighted by Gasteiger charge is 2.33. The molecular formula is C25H34O4S. The van der Waals surface area contributed by atoms with Crippen LogP contribution in [0.1, 0.15) is 68.9 Å². The van der Waals surface area contributed by atoms with E-state index >= 15 is 0 Å². The lowest BCUT2D eigenvalue weighted by Crippen LogP contribution is -2.30. The highest BCUT2D eigenvalue weighted by molar-refractivity contribution is 7.92. The third-order valence-corrected chi connectivity index (χ3v) is 7.64. The highest BCUT2D eigenvalue weighted by Crippen LogP contribution is 2.22. The topological polar surface area (TPSA) is 71.4 Å². The van der Waals surface area contributed by atoms with Crippen LogP contribution in [0.4, 0.5) is 0 Å². The van der Waals surface area contributed by atoms with E-state index in [9.17, 15) is 18.3 Å². The first-order valence-corrected chi connectivity index (χ1v) is 12.5. The molecule has 0 heterocycles. The van der Waals surface area contributed by atoms with Crippen molar-refractivity contribution in [2.45, 2.75) is 81.3 Å². The predicted octanol–water partition coefficient (Wildman–Crippen LogP) is 5.98. The van der Waals surface area contributed by atoms with Crippen molar-refractivity contribution in [2.75, 3.05) is 0 Å². The Bertz CT molecular complexity index is 858. The molecule has 0 saturated carbocycles. The Morgan fingerprint density at radius 2 is 1.33 bits per heavy atom. The van der Waals surface area contributed by atoms with Gasteiger partial charge in [-0.1, -0.05) is 93.0 Å². The van der Waals surface area contributed by atoms with E-state index in [1.165, 1.54) is 43.4 Å². The fourth-order valence-electron chi connectivity index (χ4n) is 3.67. The second kappa shape index (κ2) is 12.5. The van der Waals surface area contributed by atoms with E-state index in [1.807, 2.05) is 13.0 Å². The van der Waals surface area contributed by atoms with Crippen molar-refractivity contribution in [3.05, 3.63) is 65.7 Å². The van der Waals surface area contributed by atoms with Crippen molar-refractivity contribution < 1.29 is 18.3 Å². The molecular weight excluding hydrogens is 396 g/mol. The molecule has 2 rings (SSSR count). The van der Waals surface area contributed by atoms with E-state index in [4.69, 9.17) is 0 Å². The molecule has 2 aromatic carbocycles. The lowest BCUT2D eigenvalue weighted by molar-refractivity contribution is -0.136. The average molecular weight is 431 g/mol. The van der Waals surface area contributed by atoms with E-state index in [1.54, 1.807) is 12.1 Å². The third-order valence-electron chi connectivity index (χ3n) is 5.52. The zero-order valence-corrected chi connectivity index (χ0v) is 18.7. The van der Waals surface area contributed by atoms with Crippen LogP contribution in [0.2, 0.25) is 0 Å². The Morgan fingerprint density at radius 3 is 1.90 bits per heavy atom. The number of unbranched alkanes of at least 4 members (excludes halogenated alkanes) is 7. The van der Waals surface area contributed by atoms with Crippen LogP contribution in [0.25, 0.3) is 0 Å². The number of sulfone groups is 1. The van der Waals surface area contributed by atoms with Crippen LogP contribution in [0.3, 0.4) is 0 Å². The smallest absolute Gasteiger partial charge is 0.322 e. The van der Waals surface area contributed by atoms with Gasteiger partial charge in [0.2, 0.25) is 0 Å². The molecule has 0 spiro atoms. The fraction of sp³-hybridized carbons (Fsp3) is 0.480. The first-order chi connectivity index (χ1) is 14.4. The van der Waals surface area contributed by atoms with Gasteiger partial charge in [-0.15, -0.1) is 0 Å². The maximum atomic E-state index is 12.7. The van der Waals surface area contributed by atoms with E-state index in [0.717, 1.165) is 31.2 Å². The molecule has 0 radical (unpaired) electrons. The lowest BCUT2D eigenvalue weighted by Gasteiger charge is -2.14. The summed E-state index contributed by atoms with van der Waals surface area (Å²) in [5, 5.41) is 8.09. The third kappa shape index (κ3) is 7.94. The van der Waals surface area contributed by atoms with Gasteiger partial charge in [-0.25, -0.2) is 8.42 Å². The summed E-state index contributed by atoms with van der Waals surface area (Å²) in [6.45, 7) is 1.87. The molecule has 0 aliphatic carbocycles. The van der Waals surface area contributed by atoms with Crippen LogP contribution in [0.5, 0.6) is 0 Å². The maximum absolute atomic E-state index is 12.7. The van der Waals surface area contributed by atoms with Gasteiger partial charge in [0.05, 0.1) is 4.90 Å². The molecule has 0 aromatic heterocycles. The highest BCUT2D eigenvalue weighted by atomic mass is 32.2. The first-order valence-electron chi connectivity index (χ1n) is 11.0. The monoisotopic (exact) mass is 430 g/mol. The van der Waals surface area contributed by atoms with E-state index in [2.05, 4.69) is 24.3 Å². The Labute approximate surface area is 181 Å². The van der Waals surface area contributed by atoms with Crippen molar-refractivity contribution >= 4 is 15.8 Å². The summed E-state index contributed by atoms with van der Waals surface area (Å²) in [5.74, 6) is -1.26. The molecule has 1 atom stereocenters. The maximum Gasteiger partial charge on any atom is 0.322 e. The standard InChI is InChI=1S/C25H34O4S/c1-21-17-19-23(20-18-21)30(28,29)24(25(26)27)16-12-7-5-3-2-4-6-9-13-22-14-10-8-11-15-22/h8,10-11,14-15,17-20,24H,2-7,9,12-13,16H2,1H3,(H,26,27). The zero-order valence-electron chi connectivity index (χ0n) is 17.9. The van der Waals surface area contributed by atoms with Crippen LogP contribution >= 0.6 is 0 Å². The van der Waals surface area contributed by atoms with Gasteiger partial charge in [0.25, 0.3) is 0 Å². The van der Waals surface area contributed by atoms with Crippen molar-refractivity contribution in [1.82, 2.24) is 0 Å². The molecule has 5 heteroatoms. The van der Waals surface area contributed by atoms with Gasteiger partial charge in [0, 0.05) is 0 Å². The molecule has 0 bridgehead atoms. The molecule has 0 amide bonds. The Morgan fingerprint density at radius 1 is 0.800 bits per heavy atom.